The summed E-state index contributed by atoms with van der Waals surface area (Å²) in [7, 11) is 0. The monoisotopic (exact) mass is 418 g/mol. The summed E-state index contributed by atoms with van der Waals surface area (Å²) in [5.74, 6) is -0.323. The molecule has 0 aliphatic carbocycles. The number of carbonyl (C=O) groups excluding carboxylic acids is 1. The van der Waals surface area contributed by atoms with Crippen LogP contribution < -0.4 is 0 Å². The van der Waals surface area contributed by atoms with E-state index in [0.717, 1.165) is 27.0 Å². The molecule has 4 nitrogen and oxygen atoms in total. The standard InChI is InChI=1S/C19H16BrClN2O2/c1-2-25-19(24)12-23-18(14-4-3-5-16(21)10-14)11-17(22-23)13-6-8-15(20)9-7-13/h3-11H,2,12H2,1H3. The van der Waals surface area contributed by atoms with E-state index in [-0.39, 0.29) is 12.5 Å². The zero-order chi connectivity index (χ0) is 17.8. The molecule has 0 spiro atoms. The molecule has 2 aromatic carbocycles. The lowest BCUT2D eigenvalue weighted by molar-refractivity contribution is -0.144. The van der Waals surface area contributed by atoms with Gasteiger partial charge in [-0.15, -0.1) is 0 Å². The van der Waals surface area contributed by atoms with Crippen molar-refractivity contribution in [2.75, 3.05) is 6.61 Å². The number of rotatable bonds is 5. The van der Waals surface area contributed by atoms with Gasteiger partial charge in [0.25, 0.3) is 0 Å². The zero-order valence-electron chi connectivity index (χ0n) is 13.6. The molecule has 25 heavy (non-hydrogen) atoms. The van der Waals surface area contributed by atoms with Gasteiger partial charge in [0, 0.05) is 20.6 Å². The van der Waals surface area contributed by atoms with Crippen LogP contribution in [0.5, 0.6) is 0 Å². The van der Waals surface area contributed by atoms with Gasteiger partial charge in [-0.25, -0.2) is 0 Å². The second-order valence-electron chi connectivity index (χ2n) is 5.39. The predicted octanol–water partition coefficient (Wildman–Crippen LogP) is 5.20. The van der Waals surface area contributed by atoms with Gasteiger partial charge in [-0.05, 0) is 37.3 Å². The Morgan fingerprint density at radius 1 is 1.16 bits per heavy atom. The summed E-state index contributed by atoms with van der Waals surface area (Å²) in [5, 5.41) is 5.23. The van der Waals surface area contributed by atoms with Crippen LogP contribution in [0, 0.1) is 0 Å². The van der Waals surface area contributed by atoms with Gasteiger partial charge in [0.05, 0.1) is 18.0 Å². The maximum Gasteiger partial charge on any atom is 0.327 e. The SMILES string of the molecule is CCOC(=O)Cn1nc(-c2ccc(Br)cc2)cc1-c1cccc(Cl)c1. The lowest BCUT2D eigenvalue weighted by atomic mass is 10.1. The first kappa shape index (κ1) is 17.7. The molecular weight excluding hydrogens is 404 g/mol. The zero-order valence-corrected chi connectivity index (χ0v) is 15.9. The molecule has 0 radical (unpaired) electrons. The number of esters is 1. The highest BCUT2D eigenvalue weighted by Gasteiger charge is 2.15. The van der Waals surface area contributed by atoms with Crippen LogP contribution in [-0.2, 0) is 16.1 Å². The van der Waals surface area contributed by atoms with Crippen molar-refractivity contribution >= 4 is 33.5 Å². The topological polar surface area (TPSA) is 44.1 Å². The highest BCUT2D eigenvalue weighted by Crippen LogP contribution is 2.28. The van der Waals surface area contributed by atoms with Crippen LogP contribution in [0.25, 0.3) is 22.5 Å². The molecule has 0 N–H and O–H groups in total. The molecule has 0 fully saturated rings. The van der Waals surface area contributed by atoms with E-state index < -0.39 is 0 Å². The fraction of sp³-hybridized carbons (Fsp3) is 0.158. The molecule has 1 aromatic heterocycles. The van der Waals surface area contributed by atoms with Gasteiger partial charge < -0.3 is 4.74 Å². The lowest BCUT2D eigenvalue weighted by Gasteiger charge is -2.07. The number of aromatic nitrogens is 2. The molecule has 0 atom stereocenters. The summed E-state index contributed by atoms with van der Waals surface area (Å²) in [6, 6.07) is 17.3. The van der Waals surface area contributed by atoms with Crippen molar-refractivity contribution in [2.24, 2.45) is 0 Å². The van der Waals surface area contributed by atoms with Crippen LogP contribution >= 0.6 is 27.5 Å². The maximum absolute atomic E-state index is 11.9. The quantitative estimate of drug-likeness (QED) is 0.534. The van der Waals surface area contributed by atoms with Gasteiger partial charge in [0.2, 0.25) is 0 Å². The molecule has 0 aliphatic heterocycles. The third kappa shape index (κ3) is 4.30. The molecule has 0 unspecified atom stereocenters. The third-order valence-corrected chi connectivity index (χ3v) is 4.39. The van der Waals surface area contributed by atoms with E-state index in [0.29, 0.717) is 11.6 Å². The second kappa shape index (κ2) is 7.85. The van der Waals surface area contributed by atoms with Crippen molar-refractivity contribution in [1.29, 1.82) is 0 Å². The number of hydrogen-bond acceptors (Lipinski definition) is 3. The molecule has 1 heterocycles. The number of carbonyl (C=O) groups is 1. The van der Waals surface area contributed by atoms with E-state index in [1.807, 2.05) is 54.6 Å². The third-order valence-electron chi connectivity index (χ3n) is 3.62. The highest BCUT2D eigenvalue weighted by atomic mass is 79.9. The van der Waals surface area contributed by atoms with E-state index in [1.54, 1.807) is 11.6 Å². The summed E-state index contributed by atoms with van der Waals surface area (Å²) in [5.41, 5.74) is 3.46. The molecule has 6 heteroatoms. The second-order valence-corrected chi connectivity index (χ2v) is 6.75. The van der Waals surface area contributed by atoms with Crippen LogP contribution in [0.3, 0.4) is 0 Å². The summed E-state index contributed by atoms with van der Waals surface area (Å²) in [6.45, 7) is 2.17. The largest absolute Gasteiger partial charge is 0.465 e. The lowest BCUT2D eigenvalue weighted by Crippen LogP contribution is -2.15. The van der Waals surface area contributed by atoms with Gasteiger partial charge in [-0.3, -0.25) is 9.48 Å². The maximum atomic E-state index is 11.9. The summed E-state index contributed by atoms with van der Waals surface area (Å²) >= 11 is 9.55. The van der Waals surface area contributed by atoms with Gasteiger partial charge in [-0.1, -0.05) is 51.8 Å². The van der Waals surface area contributed by atoms with E-state index in [1.165, 1.54) is 0 Å². The van der Waals surface area contributed by atoms with Crippen molar-refractivity contribution in [1.82, 2.24) is 9.78 Å². The minimum atomic E-state index is -0.323. The van der Waals surface area contributed by atoms with Crippen molar-refractivity contribution in [3.05, 3.63) is 64.1 Å². The van der Waals surface area contributed by atoms with Gasteiger partial charge >= 0.3 is 5.97 Å². The number of hydrogen-bond donors (Lipinski definition) is 0. The van der Waals surface area contributed by atoms with Crippen molar-refractivity contribution in [3.8, 4) is 22.5 Å². The highest BCUT2D eigenvalue weighted by molar-refractivity contribution is 9.10. The number of ether oxygens (including phenoxy) is 1. The Morgan fingerprint density at radius 3 is 2.60 bits per heavy atom. The van der Waals surface area contributed by atoms with E-state index in [4.69, 9.17) is 16.3 Å². The molecular formula is C19H16BrClN2O2. The Kier molecular flexibility index (Phi) is 5.56. The van der Waals surface area contributed by atoms with Crippen LogP contribution in [0.2, 0.25) is 5.02 Å². The number of halogens is 2. The Labute approximate surface area is 159 Å². The van der Waals surface area contributed by atoms with Gasteiger partial charge in [0.1, 0.15) is 6.54 Å². The molecule has 128 valence electrons. The Hall–Kier alpha value is -2.11. The van der Waals surface area contributed by atoms with Crippen molar-refractivity contribution in [2.45, 2.75) is 13.5 Å². The molecule has 0 saturated heterocycles. The average Bonchev–Trinajstić information content (AvgIpc) is 2.99. The van der Waals surface area contributed by atoms with Crippen LogP contribution in [-0.4, -0.2) is 22.4 Å². The summed E-state index contributed by atoms with van der Waals surface area (Å²) < 4.78 is 7.71. The first-order chi connectivity index (χ1) is 12.1. The Bertz CT molecular complexity index is 891. The first-order valence-electron chi connectivity index (χ1n) is 7.82. The molecule has 0 aliphatic rings. The molecule has 3 aromatic rings. The van der Waals surface area contributed by atoms with E-state index >= 15 is 0 Å². The molecule has 0 bridgehead atoms. The molecule has 0 amide bonds. The van der Waals surface area contributed by atoms with E-state index in [2.05, 4.69) is 21.0 Å². The number of benzene rings is 2. The smallest absolute Gasteiger partial charge is 0.327 e. The fourth-order valence-electron chi connectivity index (χ4n) is 2.51. The van der Waals surface area contributed by atoms with E-state index in [9.17, 15) is 4.79 Å². The van der Waals surface area contributed by atoms with Gasteiger partial charge in [0.15, 0.2) is 0 Å². The minimum Gasteiger partial charge on any atom is -0.465 e. The van der Waals surface area contributed by atoms with Crippen molar-refractivity contribution < 1.29 is 9.53 Å². The normalized spacial score (nSPS) is 10.7. The Morgan fingerprint density at radius 2 is 1.92 bits per heavy atom. The molecule has 0 saturated carbocycles. The van der Waals surface area contributed by atoms with Crippen molar-refractivity contribution in [3.63, 3.8) is 0 Å². The van der Waals surface area contributed by atoms with Crippen LogP contribution in [0.1, 0.15) is 6.92 Å². The van der Waals surface area contributed by atoms with Crippen LogP contribution in [0.4, 0.5) is 0 Å². The van der Waals surface area contributed by atoms with Gasteiger partial charge in [-0.2, -0.15) is 5.10 Å². The minimum absolute atomic E-state index is 0.0478. The summed E-state index contributed by atoms with van der Waals surface area (Å²) in [6.07, 6.45) is 0. The molecule has 3 rings (SSSR count). The fourth-order valence-corrected chi connectivity index (χ4v) is 2.96. The first-order valence-corrected chi connectivity index (χ1v) is 8.99. The predicted molar refractivity (Wildman–Crippen MR) is 102 cm³/mol. The Balaban J connectivity index is 2.04. The average molecular weight is 420 g/mol. The number of nitrogens with zero attached hydrogens (tertiary/aromatic N) is 2. The van der Waals surface area contributed by atoms with Crippen LogP contribution in [0.15, 0.2) is 59.1 Å². The summed E-state index contributed by atoms with van der Waals surface area (Å²) in [4.78, 5) is 11.9.